The van der Waals surface area contributed by atoms with Gasteiger partial charge in [-0.05, 0) is 65.9 Å². The Morgan fingerprint density at radius 3 is 2.68 bits per heavy atom. The van der Waals surface area contributed by atoms with Crippen LogP contribution in [0.15, 0.2) is 41.1 Å². The SMILES string of the molecule is O=C(/C=C/c1ccsc1)Nc1cc(Cl)ccc1C(=O)N1CCCCC1. The summed E-state index contributed by atoms with van der Waals surface area (Å²) < 4.78 is 0. The number of thiophene rings is 1. The Bertz CT molecular complexity index is 781. The van der Waals surface area contributed by atoms with E-state index in [1.807, 2.05) is 21.7 Å². The molecule has 4 nitrogen and oxygen atoms in total. The van der Waals surface area contributed by atoms with Gasteiger partial charge in [-0.1, -0.05) is 11.6 Å². The van der Waals surface area contributed by atoms with E-state index in [-0.39, 0.29) is 11.8 Å². The fourth-order valence-electron chi connectivity index (χ4n) is 2.79. The standard InChI is InChI=1S/C19H19ClN2O2S/c20-15-5-6-16(19(24)22-9-2-1-3-10-22)17(12-15)21-18(23)7-4-14-8-11-25-13-14/h4-8,11-13H,1-3,9-10H2,(H,21,23)/b7-4+. The molecule has 1 aromatic heterocycles. The van der Waals surface area contributed by atoms with Crippen molar-refractivity contribution < 1.29 is 9.59 Å². The summed E-state index contributed by atoms with van der Waals surface area (Å²) in [6.45, 7) is 1.51. The first kappa shape index (κ1) is 17.7. The summed E-state index contributed by atoms with van der Waals surface area (Å²) in [5.41, 5.74) is 1.89. The van der Waals surface area contributed by atoms with Gasteiger partial charge in [-0.2, -0.15) is 11.3 Å². The van der Waals surface area contributed by atoms with Crippen LogP contribution in [-0.2, 0) is 4.79 Å². The van der Waals surface area contributed by atoms with Gasteiger partial charge in [-0.25, -0.2) is 0 Å². The molecule has 0 aliphatic carbocycles. The summed E-state index contributed by atoms with van der Waals surface area (Å²) >= 11 is 7.62. The Kier molecular flexibility index (Phi) is 5.89. The molecule has 0 saturated carbocycles. The minimum absolute atomic E-state index is 0.0616. The number of benzene rings is 1. The molecule has 2 aromatic rings. The zero-order valence-electron chi connectivity index (χ0n) is 13.7. The molecule has 0 spiro atoms. The van der Waals surface area contributed by atoms with E-state index in [9.17, 15) is 9.59 Å². The van der Waals surface area contributed by atoms with Crippen LogP contribution in [0, 0.1) is 0 Å². The third kappa shape index (κ3) is 4.71. The number of nitrogens with one attached hydrogen (secondary N) is 1. The van der Waals surface area contributed by atoms with Crippen LogP contribution in [0.1, 0.15) is 35.2 Å². The highest BCUT2D eigenvalue weighted by Crippen LogP contribution is 2.24. The number of rotatable bonds is 4. The normalized spacial score (nSPS) is 14.7. The van der Waals surface area contributed by atoms with Crippen LogP contribution in [0.3, 0.4) is 0 Å². The first-order chi connectivity index (χ1) is 12.1. The summed E-state index contributed by atoms with van der Waals surface area (Å²) in [5, 5.41) is 7.16. The average Bonchev–Trinajstić information content (AvgIpc) is 3.14. The predicted molar refractivity (Wildman–Crippen MR) is 103 cm³/mol. The maximum absolute atomic E-state index is 12.8. The maximum atomic E-state index is 12.8. The minimum atomic E-state index is -0.291. The molecule has 0 bridgehead atoms. The summed E-state index contributed by atoms with van der Waals surface area (Å²) in [6, 6.07) is 6.90. The van der Waals surface area contributed by atoms with Gasteiger partial charge in [-0.3, -0.25) is 9.59 Å². The molecule has 1 saturated heterocycles. The Balaban J connectivity index is 1.76. The summed E-state index contributed by atoms with van der Waals surface area (Å²) in [5.74, 6) is -0.352. The van der Waals surface area contributed by atoms with Crippen LogP contribution >= 0.6 is 22.9 Å². The Hall–Kier alpha value is -2.11. The second kappa shape index (κ2) is 8.32. The zero-order chi connectivity index (χ0) is 17.6. The van der Waals surface area contributed by atoms with Crippen LogP contribution in [0.5, 0.6) is 0 Å². The summed E-state index contributed by atoms with van der Waals surface area (Å²) in [7, 11) is 0. The van der Waals surface area contributed by atoms with Crippen LogP contribution in [-0.4, -0.2) is 29.8 Å². The van der Waals surface area contributed by atoms with Crippen LogP contribution in [0.25, 0.3) is 6.08 Å². The van der Waals surface area contributed by atoms with Crippen molar-refractivity contribution in [1.29, 1.82) is 0 Å². The Morgan fingerprint density at radius 1 is 1.16 bits per heavy atom. The second-order valence-electron chi connectivity index (χ2n) is 5.92. The third-order valence-electron chi connectivity index (χ3n) is 4.08. The van der Waals surface area contributed by atoms with E-state index in [2.05, 4.69) is 5.32 Å². The zero-order valence-corrected chi connectivity index (χ0v) is 15.3. The number of amides is 2. The van der Waals surface area contributed by atoms with E-state index in [1.54, 1.807) is 35.6 Å². The molecule has 1 aliphatic heterocycles. The van der Waals surface area contributed by atoms with Gasteiger partial charge < -0.3 is 10.2 Å². The first-order valence-corrected chi connectivity index (χ1v) is 9.55. The number of likely N-dealkylation sites (tertiary alicyclic amines) is 1. The molecular weight excluding hydrogens is 356 g/mol. The second-order valence-corrected chi connectivity index (χ2v) is 7.14. The number of hydrogen-bond acceptors (Lipinski definition) is 3. The molecule has 130 valence electrons. The highest BCUT2D eigenvalue weighted by Gasteiger charge is 2.21. The Morgan fingerprint density at radius 2 is 1.96 bits per heavy atom. The smallest absolute Gasteiger partial charge is 0.255 e. The minimum Gasteiger partial charge on any atom is -0.339 e. The lowest BCUT2D eigenvalue weighted by molar-refractivity contribution is -0.111. The van der Waals surface area contributed by atoms with Crippen molar-refractivity contribution in [3.05, 3.63) is 57.3 Å². The van der Waals surface area contributed by atoms with E-state index in [1.165, 1.54) is 6.08 Å². The maximum Gasteiger partial charge on any atom is 0.255 e. The molecule has 1 aromatic carbocycles. The van der Waals surface area contributed by atoms with Crippen LogP contribution in [0.2, 0.25) is 5.02 Å². The van der Waals surface area contributed by atoms with E-state index in [0.717, 1.165) is 37.9 Å². The van der Waals surface area contributed by atoms with Crippen molar-refractivity contribution in [2.75, 3.05) is 18.4 Å². The fraction of sp³-hybridized carbons (Fsp3) is 0.263. The molecule has 2 heterocycles. The van der Waals surface area contributed by atoms with Crippen LogP contribution in [0.4, 0.5) is 5.69 Å². The quantitative estimate of drug-likeness (QED) is 0.790. The number of carbonyl (C=O) groups excluding carboxylic acids is 2. The molecule has 2 amide bonds. The molecular formula is C19H19ClN2O2S. The number of carbonyl (C=O) groups is 2. The molecule has 25 heavy (non-hydrogen) atoms. The molecule has 0 unspecified atom stereocenters. The molecule has 1 N–H and O–H groups in total. The molecule has 6 heteroatoms. The largest absolute Gasteiger partial charge is 0.339 e. The lowest BCUT2D eigenvalue weighted by Crippen LogP contribution is -2.36. The van der Waals surface area contributed by atoms with Crippen molar-refractivity contribution in [2.24, 2.45) is 0 Å². The van der Waals surface area contributed by atoms with Crippen molar-refractivity contribution >= 4 is 46.5 Å². The fourth-order valence-corrected chi connectivity index (χ4v) is 3.59. The number of anilines is 1. The number of hydrogen-bond donors (Lipinski definition) is 1. The van der Waals surface area contributed by atoms with Gasteiger partial charge in [0.15, 0.2) is 0 Å². The van der Waals surface area contributed by atoms with Crippen molar-refractivity contribution in [3.63, 3.8) is 0 Å². The van der Waals surface area contributed by atoms with E-state index < -0.39 is 0 Å². The lowest BCUT2D eigenvalue weighted by Gasteiger charge is -2.27. The number of halogens is 1. The monoisotopic (exact) mass is 374 g/mol. The van der Waals surface area contributed by atoms with Crippen molar-refractivity contribution in [1.82, 2.24) is 4.90 Å². The average molecular weight is 375 g/mol. The van der Waals surface area contributed by atoms with E-state index in [0.29, 0.717) is 16.3 Å². The van der Waals surface area contributed by atoms with Gasteiger partial charge in [-0.15, -0.1) is 0 Å². The van der Waals surface area contributed by atoms with Gasteiger partial charge in [0.2, 0.25) is 5.91 Å². The molecule has 1 aliphatic rings. The predicted octanol–water partition coefficient (Wildman–Crippen LogP) is 4.68. The van der Waals surface area contributed by atoms with Gasteiger partial charge >= 0.3 is 0 Å². The third-order valence-corrected chi connectivity index (χ3v) is 5.02. The van der Waals surface area contributed by atoms with Crippen molar-refractivity contribution in [2.45, 2.75) is 19.3 Å². The Labute approximate surface area is 156 Å². The topological polar surface area (TPSA) is 49.4 Å². The lowest BCUT2D eigenvalue weighted by atomic mass is 10.1. The molecule has 1 fully saturated rings. The highest BCUT2D eigenvalue weighted by molar-refractivity contribution is 7.08. The van der Waals surface area contributed by atoms with Crippen LogP contribution < -0.4 is 5.32 Å². The van der Waals surface area contributed by atoms with Crippen molar-refractivity contribution in [3.8, 4) is 0 Å². The van der Waals surface area contributed by atoms with Gasteiger partial charge in [0.1, 0.15) is 0 Å². The highest BCUT2D eigenvalue weighted by atomic mass is 35.5. The molecule has 0 radical (unpaired) electrons. The number of piperidine rings is 1. The summed E-state index contributed by atoms with van der Waals surface area (Å²) in [6.07, 6.45) is 6.39. The van der Waals surface area contributed by atoms with Gasteiger partial charge in [0.05, 0.1) is 11.3 Å². The van der Waals surface area contributed by atoms with E-state index in [4.69, 9.17) is 11.6 Å². The summed E-state index contributed by atoms with van der Waals surface area (Å²) in [4.78, 5) is 26.8. The number of nitrogens with zero attached hydrogens (tertiary/aromatic N) is 1. The first-order valence-electron chi connectivity index (χ1n) is 8.23. The van der Waals surface area contributed by atoms with E-state index >= 15 is 0 Å². The molecule has 3 rings (SSSR count). The van der Waals surface area contributed by atoms with Gasteiger partial charge in [0, 0.05) is 24.2 Å². The molecule has 0 atom stereocenters. The van der Waals surface area contributed by atoms with Gasteiger partial charge in [0.25, 0.3) is 5.91 Å².